The normalized spacial score (nSPS) is 13.4. The first-order chi connectivity index (χ1) is 15.7. The molecule has 2 unspecified atom stereocenters. The van der Waals surface area contributed by atoms with Crippen molar-refractivity contribution in [2.45, 2.75) is 106 Å². The number of ether oxygens (including phenoxy) is 1. The second kappa shape index (κ2) is 12.8. The van der Waals surface area contributed by atoms with Gasteiger partial charge < -0.3 is 20.3 Å². The Morgan fingerprint density at radius 1 is 1.00 bits per heavy atom. The van der Waals surface area contributed by atoms with Gasteiger partial charge in [0.05, 0.1) is 0 Å². The zero-order chi connectivity index (χ0) is 26.2. The van der Waals surface area contributed by atoms with Gasteiger partial charge in [-0.1, -0.05) is 56.5 Å². The van der Waals surface area contributed by atoms with Crippen LogP contribution in [-0.4, -0.2) is 47.0 Å². The fraction of sp³-hybridized carbons (Fsp3) is 0.667. The van der Waals surface area contributed by atoms with Crippen LogP contribution in [0.3, 0.4) is 0 Å². The van der Waals surface area contributed by atoms with Crippen LogP contribution in [0.2, 0.25) is 0 Å². The maximum atomic E-state index is 13.9. The second-order valence-corrected chi connectivity index (χ2v) is 10.7. The number of unbranched alkanes of at least 4 members (excludes halogenated alkanes) is 1. The molecule has 0 aliphatic heterocycles. The van der Waals surface area contributed by atoms with Crippen LogP contribution in [0.25, 0.3) is 0 Å². The minimum absolute atomic E-state index is 0.204. The third kappa shape index (κ3) is 8.99. The van der Waals surface area contributed by atoms with E-state index >= 15 is 0 Å². The van der Waals surface area contributed by atoms with E-state index in [0.29, 0.717) is 6.54 Å². The molecule has 1 aromatic rings. The van der Waals surface area contributed by atoms with Crippen molar-refractivity contribution >= 4 is 17.9 Å². The summed E-state index contributed by atoms with van der Waals surface area (Å²) in [6, 6.07) is 4.00. The second-order valence-electron chi connectivity index (χ2n) is 10.7. The summed E-state index contributed by atoms with van der Waals surface area (Å²) < 4.78 is 5.40. The highest BCUT2D eigenvalue weighted by Gasteiger charge is 2.38. The highest BCUT2D eigenvalue weighted by molar-refractivity contribution is 5.92. The van der Waals surface area contributed by atoms with Crippen molar-refractivity contribution in [1.29, 1.82) is 0 Å². The highest BCUT2D eigenvalue weighted by Crippen LogP contribution is 2.28. The molecule has 2 atom stereocenters. The monoisotopic (exact) mass is 475 g/mol. The first-order valence-electron chi connectivity index (χ1n) is 12.4. The Labute approximate surface area is 206 Å². The summed E-state index contributed by atoms with van der Waals surface area (Å²) >= 11 is 0. The van der Waals surface area contributed by atoms with Crippen LogP contribution < -0.4 is 10.6 Å². The fourth-order valence-corrected chi connectivity index (χ4v) is 3.88. The lowest BCUT2D eigenvalue weighted by Gasteiger charge is -2.38. The van der Waals surface area contributed by atoms with Gasteiger partial charge in [0.15, 0.2) is 0 Å². The van der Waals surface area contributed by atoms with E-state index in [4.69, 9.17) is 4.74 Å². The first-order valence-corrected chi connectivity index (χ1v) is 12.4. The molecule has 1 aromatic carbocycles. The lowest BCUT2D eigenvalue weighted by atomic mass is 9.95. The van der Waals surface area contributed by atoms with Crippen molar-refractivity contribution in [2.24, 2.45) is 5.92 Å². The Morgan fingerprint density at radius 2 is 1.56 bits per heavy atom. The third-order valence-electron chi connectivity index (χ3n) is 5.33. The molecule has 0 heterocycles. The Morgan fingerprint density at radius 3 is 2.00 bits per heavy atom. The van der Waals surface area contributed by atoms with Crippen molar-refractivity contribution < 1.29 is 19.1 Å². The van der Waals surface area contributed by atoms with Gasteiger partial charge in [0, 0.05) is 12.6 Å². The van der Waals surface area contributed by atoms with Crippen molar-refractivity contribution in [2.75, 3.05) is 6.54 Å². The summed E-state index contributed by atoms with van der Waals surface area (Å²) in [4.78, 5) is 41.5. The predicted molar refractivity (Wildman–Crippen MR) is 137 cm³/mol. The van der Waals surface area contributed by atoms with E-state index in [9.17, 15) is 14.4 Å². The van der Waals surface area contributed by atoms with E-state index in [1.807, 2.05) is 59.7 Å². The summed E-state index contributed by atoms with van der Waals surface area (Å²) in [7, 11) is 0. The quantitative estimate of drug-likeness (QED) is 0.464. The molecule has 0 fully saturated rings. The number of amides is 3. The van der Waals surface area contributed by atoms with E-state index in [0.717, 1.165) is 29.5 Å². The van der Waals surface area contributed by atoms with Gasteiger partial charge in [0.1, 0.15) is 17.7 Å². The molecule has 7 nitrogen and oxygen atoms in total. The number of hydrogen-bond acceptors (Lipinski definition) is 4. The molecule has 0 radical (unpaired) electrons. The minimum Gasteiger partial charge on any atom is -0.444 e. The maximum Gasteiger partial charge on any atom is 0.408 e. The molecule has 1 rings (SSSR count). The fourth-order valence-electron chi connectivity index (χ4n) is 3.88. The topological polar surface area (TPSA) is 87.7 Å². The SMILES string of the molecule is CCCCNC(=O)C(c1cc(C)cc(C)c1)N(C(=O)C(NC(=O)OC(C)(C)C)C(C)C)C(C)C. The van der Waals surface area contributed by atoms with Crippen molar-refractivity contribution in [3.05, 3.63) is 34.9 Å². The summed E-state index contributed by atoms with van der Waals surface area (Å²) in [6.45, 7) is 19.4. The lowest BCUT2D eigenvalue weighted by Crippen LogP contribution is -2.56. The summed E-state index contributed by atoms with van der Waals surface area (Å²) in [5.41, 5.74) is 2.11. The number of aryl methyl sites for hydroxylation is 2. The smallest absolute Gasteiger partial charge is 0.408 e. The molecule has 0 spiro atoms. The predicted octanol–water partition coefficient (Wildman–Crippen LogP) is 5.05. The third-order valence-corrected chi connectivity index (χ3v) is 5.33. The molecule has 34 heavy (non-hydrogen) atoms. The average molecular weight is 476 g/mol. The van der Waals surface area contributed by atoms with Gasteiger partial charge in [0.2, 0.25) is 11.8 Å². The molecule has 0 aliphatic carbocycles. The number of alkyl carbamates (subject to hydrolysis) is 1. The molecule has 0 saturated heterocycles. The Kier molecular flexibility index (Phi) is 11.1. The van der Waals surface area contributed by atoms with E-state index in [1.165, 1.54) is 0 Å². The van der Waals surface area contributed by atoms with Gasteiger partial charge >= 0.3 is 6.09 Å². The molecular weight excluding hydrogens is 430 g/mol. The minimum atomic E-state index is -0.839. The standard InChI is InChI=1S/C27H45N3O4/c1-11-12-13-28-24(31)23(21-15-19(6)14-20(7)16-21)30(18(4)5)25(32)22(17(2)3)29-26(33)34-27(8,9)10/h14-18,22-23H,11-13H2,1-10H3,(H,28,31)(H,29,33). The van der Waals surface area contributed by atoms with Crippen molar-refractivity contribution in [1.82, 2.24) is 15.5 Å². The molecule has 3 amide bonds. The Hall–Kier alpha value is -2.57. The number of benzene rings is 1. The Bertz CT molecular complexity index is 823. The van der Waals surface area contributed by atoms with Crippen LogP contribution in [0.5, 0.6) is 0 Å². The van der Waals surface area contributed by atoms with Crippen molar-refractivity contribution in [3.8, 4) is 0 Å². The molecule has 7 heteroatoms. The Balaban J connectivity index is 3.45. The van der Waals surface area contributed by atoms with Crippen molar-refractivity contribution in [3.63, 3.8) is 0 Å². The van der Waals surface area contributed by atoms with Crippen LogP contribution in [0, 0.1) is 19.8 Å². The molecule has 192 valence electrons. The average Bonchev–Trinajstić information content (AvgIpc) is 2.67. The number of nitrogens with zero attached hydrogens (tertiary/aromatic N) is 1. The van der Waals surface area contributed by atoms with Crippen LogP contribution in [0.4, 0.5) is 4.79 Å². The van der Waals surface area contributed by atoms with Crippen LogP contribution in [-0.2, 0) is 14.3 Å². The summed E-state index contributed by atoms with van der Waals surface area (Å²) in [5, 5.41) is 5.75. The summed E-state index contributed by atoms with van der Waals surface area (Å²) in [6.07, 6.45) is 1.16. The largest absolute Gasteiger partial charge is 0.444 e. The van der Waals surface area contributed by atoms with Crippen LogP contribution in [0.15, 0.2) is 18.2 Å². The van der Waals surface area contributed by atoms with Gasteiger partial charge in [-0.05, 0) is 66.4 Å². The number of hydrogen-bond donors (Lipinski definition) is 2. The van der Waals surface area contributed by atoms with Gasteiger partial charge in [-0.15, -0.1) is 0 Å². The van der Waals surface area contributed by atoms with Gasteiger partial charge in [0.25, 0.3) is 0 Å². The van der Waals surface area contributed by atoms with E-state index in [-0.39, 0.29) is 23.8 Å². The molecule has 0 aromatic heterocycles. The van der Waals surface area contributed by atoms with Gasteiger partial charge in [-0.3, -0.25) is 9.59 Å². The number of nitrogens with one attached hydrogen (secondary N) is 2. The molecule has 0 aliphatic rings. The zero-order valence-electron chi connectivity index (χ0n) is 22.7. The van der Waals surface area contributed by atoms with E-state index in [1.54, 1.807) is 25.7 Å². The number of carbonyl (C=O) groups is 3. The lowest BCUT2D eigenvalue weighted by molar-refractivity contribution is -0.145. The van der Waals surface area contributed by atoms with Crippen LogP contribution >= 0.6 is 0 Å². The van der Waals surface area contributed by atoms with Gasteiger partial charge in [-0.2, -0.15) is 0 Å². The summed E-state index contributed by atoms with van der Waals surface area (Å²) in [5.74, 6) is -0.741. The molecule has 2 N–H and O–H groups in total. The zero-order valence-corrected chi connectivity index (χ0v) is 22.7. The number of rotatable bonds is 10. The molecule has 0 bridgehead atoms. The number of carbonyl (C=O) groups excluding carboxylic acids is 3. The first kappa shape index (κ1) is 29.5. The van der Waals surface area contributed by atoms with Gasteiger partial charge in [-0.25, -0.2) is 4.79 Å². The van der Waals surface area contributed by atoms with Crippen LogP contribution in [0.1, 0.15) is 91.0 Å². The highest BCUT2D eigenvalue weighted by atomic mass is 16.6. The van der Waals surface area contributed by atoms with E-state index < -0.39 is 23.8 Å². The maximum absolute atomic E-state index is 13.9. The van der Waals surface area contributed by atoms with E-state index in [2.05, 4.69) is 17.6 Å². The molecular formula is C27H45N3O4. The molecule has 0 saturated carbocycles.